The molecule has 27 heavy (non-hydrogen) atoms. The number of aryl methyl sites for hydroxylation is 1. The molecule has 0 saturated carbocycles. The molecule has 0 radical (unpaired) electrons. The minimum Gasteiger partial charge on any atom is -0.496 e. The average Bonchev–Trinajstić information content (AvgIpc) is 3.08. The van der Waals surface area contributed by atoms with Crippen LogP contribution in [-0.2, 0) is 0 Å². The number of anilines is 1. The maximum absolute atomic E-state index is 13.0. The predicted molar refractivity (Wildman–Crippen MR) is 106 cm³/mol. The Kier molecular flexibility index (Phi) is 4.34. The van der Waals surface area contributed by atoms with Gasteiger partial charge in [0.05, 0.1) is 12.7 Å². The molecule has 0 unspecified atom stereocenters. The third-order valence-corrected chi connectivity index (χ3v) is 4.48. The van der Waals surface area contributed by atoms with E-state index in [-0.39, 0.29) is 5.91 Å². The van der Waals surface area contributed by atoms with Gasteiger partial charge in [0, 0.05) is 11.8 Å². The number of para-hydroxylation sites is 1. The number of rotatable bonds is 4. The third kappa shape index (κ3) is 3.04. The van der Waals surface area contributed by atoms with Crippen LogP contribution in [0, 0.1) is 6.92 Å². The monoisotopic (exact) mass is 357 g/mol. The normalized spacial score (nSPS) is 10.7. The smallest absolute Gasteiger partial charge is 0.260 e. The third-order valence-electron chi connectivity index (χ3n) is 4.48. The highest BCUT2D eigenvalue weighted by molar-refractivity contribution is 6.07. The van der Waals surface area contributed by atoms with Crippen LogP contribution in [0.2, 0.25) is 0 Å². The van der Waals surface area contributed by atoms with Crippen molar-refractivity contribution >= 4 is 17.4 Å². The average molecular weight is 357 g/mol. The first-order valence-corrected chi connectivity index (χ1v) is 8.66. The Morgan fingerprint density at radius 2 is 1.74 bits per heavy atom. The van der Waals surface area contributed by atoms with Crippen molar-refractivity contribution in [2.45, 2.75) is 6.92 Å². The van der Waals surface area contributed by atoms with E-state index in [9.17, 15) is 4.79 Å². The zero-order chi connectivity index (χ0) is 18.8. The molecule has 5 nitrogen and oxygen atoms in total. The van der Waals surface area contributed by atoms with Crippen molar-refractivity contribution in [3.8, 4) is 17.0 Å². The Bertz CT molecular complexity index is 1120. The number of hydrogen-bond donors (Lipinski definition) is 1. The molecule has 0 aliphatic heterocycles. The van der Waals surface area contributed by atoms with E-state index < -0.39 is 0 Å². The maximum Gasteiger partial charge on any atom is 0.260 e. The van der Waals surface area contributed by atoms with Crippen LogP contribution in [-0.4, -0.2) is 22.4 Å². The lowest BCUT2D eigenvalue weighted by atomic mass is 10.1. The van der Waals surface area contributed by atoms with E-state index >= 15 is 0 Å². The molecular formula is C22H19N3O2. The second-order valence-corrected chi connectivity index (χ2v) is 6.21. The molecule has 0 saturated heterocycles. The van der Waals surface area contributed by atoms with Crippen molar-refractivity contribution < 1.29 is 9.53 Å². The zero-order valence-electron chi connectivity index (χ0n) is 15.1. The molecule has 2 aromatic heterocycles. The number of nitrogens with zero attached hydrogens (tertiary/aromatic N) is 2. The topological polar surface area (TPSA) is 55.6 Å². The van der Waals surface area contributed by atoms with Gasteiger partial charge < -0.3 is 10.1 Å². The number of hydrogen-bond acceptors (Lipinski definition) is 3. The minimum atomic E-state index is -0.243. The lowest BCUT2D eigenvalue weighted by Crippen LogP contribution is -2.15. The van der Waals surface area contributed by atoms with Gasteiger partial charge in [0.25, 0.3) is 5.91 Å². The van der Waals surface area contributed by atoms with Crippen molar-refractivity contribution in [1.82, 2.24) is 9.38 Å². The molecule has 5 heteroatoms. The number of carbonyl (C=O) groups is 1. The van der Waals surface area contributed by atoms with Gasteiger partial charge >= 0.3 is 0 Å². The molecule has 4 aromatic rings. The van der Waals surface area contributed by atoms with Gasteiger partial charge in [-0.2, -0.15) is 0 Å². The Morgan fingerprint density at radius 3 is 2.52 bits per heavy atom. The first-order chi connectivity index (χ1) is 13.2. The lowest BCUT2D eigenvalue weighted by molar-refractivity contribution is 0.102. The Balaban J connectivity index is 1.85. The molecule has 1 amide bonds. The molecule has 0 bridgehead atoms. The van der Waals surface area contributed by atoms with Crippen LogP contribution < -0.4 is 10.1 Å². The first kappa shape index (κ1) is 16.8. The highest BCUT2D eigenvalue weighted by Crippen LogP contribution is 2.30. The van der Waals surface area contributed by atoms with Crippen molar-refractivity contribution in [2.24, 2.45) is 0 Å². The Morgan fingerprint density at radius 1 is 1.00 bits per heavy atom. The molecule has 1 N–H and O–H groups in total. The molecule has 0 aliphatic rings. The van der Waals surface area contributed by atoms with Gasteiger partial charge in [-0.1, -0.05) is 48.5 Å². The number of benzene rings is 2. The number of methoxy groups -OCH3 is 1. The van der Waals surface area contributed by atoms with Crippen molar-refractivity contribution in [2.75, 3.05) is 12.4 Å². The molecule has 2 aromatic carbocycles. The predicted octanol–water partition coefficient (Wildman–Crippen LogP) is 4.57. The summed E-state index contributed by atoms with van der Waals surface area (Å²) in [5.74, 6) is 0.921. The van der Waals surface area contributed by atoms with Crippen LogP contribution in [0.5, 0.6) is 5.75 Å². The van der Waals surface area contributed by atoms with Gasteiger partial charge in [0.15, 0.2) is 0 Å². The van der Waals surface area contributed by atoms with Crippen LogP contribution in [0.4, 0.5) is 5.82 Å². The molecule has 0 aliphatic carbocycles. The summed E-state index contributed by atoms with van der Waals surface area (Å²) in [4.78, 5) is 17.8. The van der Waals surface area contributed by atoms with Gasteiger partial charge in [0.2, 0.25) is 0 Å². The van der Waals surface area contributed by atoms with Gasteiger partial charge in [-0.15, -0.1) is 0 Å². The standard InChI is InChI=1S/C22H19N3O2/c1-15-9-8-14-25-20(15)23-19(16-10-4-3-5-11-16)21(25)24-22(26)17-12-6-7-13-18(17)27-2/h3-14H,1-2H3,(H,24,26). The van der Waals surface area contributed by atoms with E-state index in [2.05, 4.69) is 5.32 Å². The summed E-state index contributed by atoms with van der Waals surface area (Å²) in [5.41, 5.74) is 3.99. The largest absolute Gasteiger partial charge is 0.496 e. The SMILES string of the molecule is COc1ccccc1C(=O)Nc1c(-c2ccccc2)nc2c(C)cccn12. The summed E-state index contributed by atoms with van der Waals surface area (Å²) in [6.07, 6.45) is 1.90. The fourth-order valence-electron chi connectivity index (χ4n) is 3.13. The fourth-order valence-corrected chi connectivity index (χ4v) is 3.13. The molecule has 134 valence electrons. The van der Waals surface area contributed by atoms with Gasteiger partial charge in [-0.25, -0.2) is 4.98 Å². The van der Waals surface area contributed by atoms with Crippen molar-refractivity contribution in [1.29, 1.82) is 0 Å². The highest BCUT2D eigenvalue weighted by Gasteiger charge is 2.19. The molecule has 0 atom stereocenters. The van der Waals surface area contributed by atoms with E-state index in [1.165, 1.54) is 0 Å². The first-order valence-electron chi connectivity index (χ1n) is 8.66. The van der Waals surface area contributed by atoms with Crippen molar-refractivity contribution in [3.63, 3.8) is 0 Å². The van der Waals surface area contributed by atoms with E-state index in [1.54, 1.807) is 19.2 Å². The highest BCUT2D eigenvalue weighted by atomic mass is 16.5. The quantitative estimate of drug-likeness (QED) is 0.582. The number of ether oxygens (including phenoxy) is 1. The maximum atomic E-state index is 13.0. The number of amides is 1. The van der Waals surface area contributed by atoms with Gasteiger partial charge in [-0.05, 0) is 30.7 Å². The van der Waals surface area contributed by atoms with Crippen LogP contribution in [0.3, 0.4) is 0 Å². The second-order valence-electron chi connectivity index (χ2n) is 6.21. The zero-order valence-corrected chi connectivity index (χ0v) is 15.1. The molecule has 0 spiro atoms. The summed E-state index contributed by atoms with van der Waals surface area (Å²) in [5, 5.41) is 3.03. The number of carbonyl (C=O) groups excluding carboxylic acids is 1. The van der Waals surface area contributed by atoms with Crippen molar-refractivity contribution in [3.05, 3.63) is 84.1 Å². The fraction of sp³-hybridized carbons (Fsp3) is 0.0909. The van der Waals surface area contributed by atoms with Crippen LogP contribution in [0.25, 0.3) is 16.9 Å². The van der Waals surface area contributed by atoms with E-state index in [4.69, 9.17) is 9.72 Å². The van der Waals surface area contributed by atoms with E-state index in [0.717, 1.165) is 22.5 Å². The number of nitrogens with one attached hydrogen (secondary N) is 1. The van der Waals surface area contributed by atoms with Crippen LogP contribution in [0.1, 0.15) is 15.9 Å². The lowest BCUT2D eigenvalue weighted by Gasteiger charge is -2.10. The molecule has 2 heterocycles. The van der Waals surface area contributed by atoms with Gasteiger partial charge in [-0.3, -0.25) is 9.20 Å². The summed E-state index contributed by atoms with van der Waals surface area (Å²) in [6, 6.07) is 20.9. The second kappa shape index (κ2) is 6.96. The number of fused-ring (bicyclic) bond motifs is 1. The van der Waals surface area contributed by atoms with Crippen LogP contribution in [0.15, 0.2) is 72.9 Å². The van der Waals surface area contributed by atoms with Gasteiger partial charge in [0.1, 0.15) is 22.9 Å². The van der Waals surface area contributed by atoms with Crippen LogP contribution >= 0.6 is 0 Å². The number of imidazole rings is 1. The van der Waals surface area contributed by atoms with E-state index in [1.807, 2.05) is 72.1 Å². The Hall–Kier alpha value is -3.60. The Labute approximate surface area is 157 Å². The van der Waals surface area contributed by atoms with E-state index in [0.29, 0.717) is 17.1 Å². The number of pyridine rings is 1. The molecule has 0 fully saturated rings. The number of aromatic nitrogens is 2. The summed E-state index contributed by atoms with van der Waals surface area (Å²) in [7, 11) is 1.55. The summed E-state index contributed by atoms with van der Waals surface area (Å²) >= 11 is 0. The molecular weight excluding hydrogens is 338 g/mol. The minimum absolute atomic E-state index is 0.243. The molecule has 4 rings (SSSR count). The summed E-state index contributed by atoms with van der Waals surface area (Å²) in [6.45, 7) is 2.00. The summed E-state index contributed by atoms with van der Waals surface area (Å²) < 4.78 is 7.23.